The monoisotopic (exact) mass is 376 g/mol. The highest BCUT2D eigenvalue weighted by Gasteiger charge is 2.41. The Morgan fingerprint density at radius 2 is 1.96 bits per heavy atom. The Kier molecular flexibility index (Phi) is 7.51. The zero-order valence-electron chi connectivity index (χ0n) is 17.1. The van der Waals surface area contributed by atoms with Gasteiger partial charge in [0.25, 0.3) is 0 Å². The molecular formula is C21H32N2O4. The average molecular weight is 376 g/mol. The van der Waals surface area contributed by atoms with Gasteiger partial charge in [-0.1, -0.05) is 27.2 Å². The molecule has 0 radical (unpaired) electrons. The molecule has 27 heavy (non-hydrogen) atoms. The highest BCUT2D eigenvalue weighted by molar-refractivity contribution is 5.84. The lowest BCUT2D eigenvalue weighted by Crippen LogP contribution is -2.37. The fraction of sp³-hybridized carbons (Fsp3) is 0.619. The molecule has 150 valence electrons. The molecule has 1 aromatic carbocycles. The van der Waals surface area contributed by atoms with Gasteiger partial charge in [-0.3, -0.25) is 9.59 Å². The van der Waals surface area contributed by atoms with Gasteiger partial charge in [-0.15, -0.1) is 0 Å². The molecule has 2 atom stereocenters. The molecule has 6 heteroatoms. The number of nitrogens with one attached hydrogen (secondary N) is 1. The molecule has 1 aliphatic heterocycles. The molecule has 0 aromatic heterocycles. The predicted molar refractivity (Wildman–Crippen MR) is 105 cm³/mol. The number of methoxy groups -OCH3 is 2. The van der Waals surface area contributed by atoms with E-state index in [9.17, 15) is 9.59 Å². The number of amides is 2. The topological polar surface area (TPSA) is 67.9 Å². The summed E-state index contributed by atoms with van der Waals surface area (Å²) in [5.74, 6) is 0.975. The van der Waals surface area contributed by atoms with Crippen LogP contribution in [0.25, 0.3) is 0 Å². The second kappa shape index (κ2) is 9.62. The average Bonchev–Trinajstić information content (AvgIpc) is 3.12. The van der Waals surface area contributed by atoms with Crippen molar-refractivity contribution in [3.05, 3.63) is 23.8 Å². The molecule has 6 nitrogen and oxygen atoms in total. The minimum Gasteiger partial charge on any atom is -0.497 e. The first-order valence-electron chi connectivity index (χ1n) is 9.71. The third kappa shape index (κ3) is 4.93. The van der Waals surface area contributed by atoms with E-state index in [1.807, 2.05) is 32.0 Å². The maximum atomic E-state index is 12.9. The molecule has 1 N–H and O–H groups in total. The van der Waals surface area contributed by atoms with E-state index in [1.165, 1.54) is 0 Å². The van der Waals surface area contributed by atoms with Crippen LogP contribution in [0.3, 0.4) is 0 Å². The number of ether oxygens (including phenoxy) is 2. The summed E-state index contributed by atoms with van der Waals surface area (Å²) in [7, 11) is 3.23. The van der Waals surface area contributed by atoms with E-state index < -0.39 is 0 Å². The van der Waals surface area contributed by atoms with Crippen LogP contribution in [0, 0.1) is 11.8 Å². The molecule has 0 spiro atoms. The number of unbranched alkanes of at least 4 members (excludes halogenated alkanes) is 1. The summed E-state index contributed by atoms with van der Waals surface area (Å²) in [4.78, 5) is 27.2. The Labute approximate surface area is 162 Å². The largest absolute Gasteiger partial charge is 0.497 e. The molecule has 1 aliphatic rings. The first kappa shape index (κ1) is 21.1. The maximum Gasteiger partial charge on any atom is 0.225 e. The zero-order valence-corrected chi connectivity index (χ0v) is 17.1. The van der Waals surface area contributed by atoms with Crippen LogP contribution in [0.1, 0.15) is 45.1 Å². The lowest BCUT2D eigenvalue weighted by molar-refractivity contribution is -0.133. The first-order chi connectivity index (χ1) is 12.9. The molecule has 1 aromatic rings. The number of carbonyl (C=O) groups excluding carboxylic acids is 2. The maximum absolute atomic E-state index is 12.9. The minimum absolute atomic E-state index is 0.00243. The molecule has 2 amide bonds. The summed E-state index contributed by atoms with van der Waals surface area (Å²) in [5, 5.41) is 3.03. The van der Waals surface area contributed by atoms with Crippen molar-refractivity contribution in [2.45, 2.75) is 39.5 Å². The van der Waals surface area contributed by atoms with Gasteiger partial charge in [-0.2, -0.15) is 0 Å². The highest BCUT2D eigenvalue weighted by atomic mass is 16.5. The van der Waals surface area contributed by atoms with Crippen LogP contribution in [0.5, 0.6) is 11.5 Å². The van der Waals surface area contributed by atoms with Crippen LogP contribution in [0.15, 0.2) is 18.2 Å². The first-order valence-corrected chi connectivity index (χ1v) is 9.71. The molecule has 0 bridgehead atoms. The third-order valence-corrected chi connectivity index (χ3v) is 5.13. The Hall–Kier alpha value is -2.24. The Morgan fingerprint density at radius 3 is 2.56 bits per heavy atom. The van der Waals surface area contributed by atoms with Crippen molar-refractivity contribution in [1.82, 2.24) is 10.2 Å². The van der Waals surface area contributed by atoms with Crippen molar-refractivity contribution in [3.8, 4) is 11.5 Å². The minimum atomic E-state index is -0.300. The van der Waals surface area contributed by atoms with E-state index in [1.54, 1.807) is 19.1 Å². The lowest BCUT2D eigenvalue weighted by atomic mass is 9.87. The van der Waals surface area contributed by atoms with Gasteiger partial charge in [-0.05, 0) is 24.6 Å². The van der Waals surface area contributed by atoms with Crippen LogP contribution < -0.4 is 14.8 Å². The SMILES string of the molecule is CCCCNC(=O)[C@H]1CN(C(=O)C(C)C)C[C@H]1c1cc(OC)ccc1OC. The summed E-state index contributed by atoms with van der Waals surface area (Å²) in [6, 6.07) is 5.61. The van der Waals surface area contributed by atoms with Gasteiger partial charge in [-0.25, -0.2) is 0 Å². The second-order valence-electron chi connectivity index (χ2n) is 7.36. The van der Waals surface area contributed by atoms with E-state index in [4.69, 9.17) is 9.47 Å². The molecule has 0 unspecified atom stereocenters. The quantitative estimate of drug-likeness (QED) is 0.709. The van der Waals surface area contributed by atoms with Crippen molar-refractivity contribution in [2.75, 3.05) is 33.9 Å². The molecule has 0 saturated carbocycles. The normalized spacial score (nSPS) is 19.3. The fourth-order valence-corrected chi connectivity index (χ4v) is 3.58. The Morgan fingerprint density at radius 1 is 1.22 bits per heavy atom. The van der Waals surface area contributed by atoms with Crippen LogP contribution in [0.2, 0.25) is 0 Å². The van der Waals surface area contributed by atoms with Crippen LogP contribution in [-0.2, 0) is 9.59 Å². The number of nitrogens with zero attached hydrogens (tertiary/aromatic N) is 1. The Bertz CT molecular complexity index is 660. The van der Waals surface area contributed by atoms with Crippen molar-refractivity contribution >= 4 is 11.8 Å². The summed E-state index contributed by atoms with van der Waals surface area (Å²) >= 11 is 0. The van der Waals surface area contributed by atoms with E-state index in [-0.39, 0.29) is 29.6 Å². The molecule has 1 heterocycles. The van der Waals surface area contributed by atoms with Gasteiger partial charge >= 0.3 is 0 Å². The van der Waals surface area contributed by atoms with Gasteiger partial charge in [0.05, 0.1) is 20.1 Å². The van der Waals surface area contributed by atoms with Crippen molar-refractivity contribution < 1.29 is 19.1 Å². The van der Waals surface area contributed by atoms with Gasteiger partial charge in [0.1, 0.15) is 11.5 Å². The molecule has 1 fully saturated rings. The van der Waals surface area contributed by atoms with E-state index in [0.717, 1.165) is 18.4 Å². The van der Waals surface area contributed by atoms with Gasteiger partial charge in [0.15, 0.2) is 0 Å². The number of hydrogen-bond acceptors (Lipinski definition) is 4. The third-order valence-electron chi connectivity index (χ3n) is 5.13. The molecule has 0 aliphatic carbocycles. The predicted octanol–water partition coefficient (Wildman–Crippen LogP) is 2.82. The van der Waals surface area contributed by atoms with E-state index in [0.29, 0.717) is 31.1 Å². The molecular weight excluding hydrogens is 344 g/mol. The van der Waals surface area contributed by atoms with Crippen LogP contribution in [-0.4, -0.2) is 50.6 Å². The number of hydrogen-bond donors (Lipinski definition) is 1. The second-order valence-corrected chi connectivity index (χ2v) is 7.36. The summed E-state index contributed by atoms with van der Waals surface area (Å²) in [6.07, 6.45) is 1.97. The van der Waals surface area contributed by atoms with Crippen molar-refractivity contribution in [1.29, 1.82) is 0 Å². The highest BCUT2D eigenvalue weighted by Crippen LogP contribution is 2.39. The fourth-order valence-electron chi connectivity index (χ4n) is 3.58. The summed E-state index contributed by atoms with van der Waals surface area (Å²) in [5.41, 5.74) is 0.909. The molecule has 1 saturated heterocycles. The van der Waals surface area contributed by atoms with Gasteiger partial charge in [0, 0.05) is 37.0 Å². The zero-order chi connectivity index (χ0) is 20.0. The number of likely N-dealkylation sites (tertiary alicyclic amines) is 1. The summed E-state index contributed by atoms with van der Waals surface area (Å²) < 4.78 is 10.9. The van der Waals surface area contributed by atoms with Crippen molar-refractivity contribution in [2.24, 2.45) is 11.8 Å². The number of carbonyl (C=O) groups is 2. The van der Waals surface area contributed by atoms with Gasteiger partial charge in [0.2, 0.25) is 11.8 Å². The smallest absolute Gasteiger partial charge is 0.225 e. The number of rotatable bonds is 8. The van der Waals surface area contributed by atoms with E-state index >= 15 is 0 Å². The van der Waals surface area contributed by atoms with Crippen molar-refractivity contribution in [3.63, 3.8) is 0 Å². The van der Waals surface area contributed by atoms with Crippen LogP contribution >= 0.6 is 0 Å². The van der Waals surface area contributed by atoms with Crippen LogP contribution in [0.4, 0.5) is 0 Å². The van der Waals surface area contributed by atoms with E-state index in [2.05, 4.69) is 12.2 Å². The van der Waals surface area contributed by atoms with Gasteiger partial charge < -0.3 is 19.7 Å². The lowest BCUT2D eigenvalue weighted by Gasteiger charge is -2.21. The Balaban J connectivity index is 2.34. The summed E-state index contributed by atoms with van der Waals surface area (Å²) in [6.45, 7) is 7.46. The molecule has 2 rings (SSSR count). The standard InChI is InChI=1S/C21H32N2O4/c1-6-7-10-22-20(24)18-13-23(21(25)14(2)3)12-17(18)16-11-15(26-4)8-9-19(16)27-5/h8-9,11,14,17-18H,6-7,10,12-13H2,1-5H3,(H,22,24)/t17-,18-/m0/s1. The number of benzene rings is 1.